The molecule has 3 aliphatic heterocycles. The van der Waals surface area contributed by atoms with Crippen molar-refractivity contribution >= 4 is 80.9 Å². The van der Waals surface area contributed by atoms with Gasteiger partial charge in [-0.3, -0.25) is 0 Å². The molecule has 8 aromatic carbocycles. The fraction of sp³-hybridized carbons (Fsp3) is 0.138. The summed E-state index contributed by atoms with van der Waals surface area (Å²) in [5.41, 5.74) is 16.6. The van der Waals surface area contributed by atoms with Gasteiger partial charge in [-0.25, -0.2) is 0 Å². The van der Waals surface area contributed by atoms with Gasteiger partial charge in [0.05, 0.1) is 16.9 Å². The van der Waals surface area contributed by atoms with Crippen molar-refractivity contribution in [3.63, 3.8) is 0 Å². The predicted molar refractivity (Wildman–Crippen MR) is 275 cm³/mol. The number of anilines is 5. The minimum atomic E-state index is -4.65. The monoisotopic (exact) mass is 882 g/mol. The molecule has 3 aliphatic rings. The third-order valence-corrected chi connectivity index (χ3v) is 15.3. The van der Waals surface area contributed by atoms with Gasteiger partial charge in [0.2, 0.25) is 6.71 Å². The summed E-state index contributed by atoms with van der Waals surface area (Å²) in [7, 11) is 0. The maximum atomic E-state index is 15.8. The largest absolute Gasteiger partial charge is 0.418 e. The highest BCUT2D eigenvalue weighted by molar-refractivity contribution is 8.00. The van der Waals surface area contributed by atoms with Gasteiger partial charge in [-0.05, 0) is 101 Å². The highest BCUT2D eigenvalue weighted by Gasteiger charge is 2.51. The molecule has 66 heavy (non-hydrogen) atoms. The zero-order valence-corrected chi connectivity index (χ0v) is 38.4. The smallest absolute Gasteiger partial charge is 0.340 e. The quantitative estimate of drug-likeness (QED) is 0.147. The van der Waals surface area contributed by atoms with E-state index in [1.807, 2.05) is 23.1 Å². The van der Waals surface area contributed by atoms with Crippen LogP contribution in [0.25, 0.3) is 33.4 Å². The number of aryl methyl sites for hydroxylation is 2. The zero-order valence-electron chi connectivity index (χ0n) is 37.6. The molecule has 8 heteroatoms. The fourth-order valence-electron chi connectivity index (χ4n) is 10.8. The highest BCUT2D eigenvalue weighted by Crippen LogP contribution is 2.56. The molecule has 3 heterocycles. The van der Waals surface area contributed by atoms with E-state index >= 15 is 13.2 Å². The lowest BCUT2D eigenvalue weighted by molar-refractivity contribution is -0.137. The van der Waals surface area contributed by atoms with Gasteiger partial charge in [0, 0.05) is 44.0 Å². The summed E-state index contributed by atoms with van der Waals surface area (Å²) in [5.74, 6) is 2.30. The van der Waals surface area contributed by atoms with E-state index in [0.29, 0.717) is 0 Å². The van der Waals surface area contributed by atoms with Crippen molar-refractivity contribution in [2.24, 2.45) is 5.92 Å². The third kappa shape index (κ3) is 6.51. The van der Waals surface area contributed by atoms with Crippen molar-refractivity contribution in [3.05, 3.63) is 193 Å². The van der Waals surface area contributed by atoms with Crippen molar-refractivity contribution in [1.29, 1.82) is 0 Å². The Morgan fingerprint density at radius 2 is 1.15 bits per heavy atom. The number of rotatable bonds is 7. The molecule has 0 N–H and O–H groups in total. The number of alkyl halides is 3. The summed E-state index contributed by atoms with van der Waals surface area (Å²) < 4.78 is 47.5. The number of nitrogens with zero attached hydrogens (tertiary/aromatic N) is 2. The first-order valence-corrected chi connectivity index (χ1v) is 23.6. The summed E-state index contributed by atoms with van der Waals surface area (Å²) in [4.78, 5) is 6.65. The maximum Gasteiger partial charge on any atom is 0.418 e. The Balaban J connectivity index is 1.44. The number of halogens is 3. The van der Waals surface area contributed by atoms with E-state index in [1.54, 1.807) is 23.9 Å². The first-order valence-electron chi connectivity index (χ1n) is 22.8. The first-order chi connectivity index (χ1) is 32.0. The molecule has 1 atom stereocenters. The third-order valence-electron chi connectivity index (χ3n) is 14.0. The van der Waals surface area contributed by atoms with Crippen LogP contribution in [0.1, 0.15) is 37.5 Å². The van der Waals surface area contributed by atoms with Crippen molar-refractivity contribution in [2.45, 2.75) is 56.6 Å². The van der Waals surface area contributed by atoms with E-state index in [9.17, 15) is 0 Å². The molecule has 0 unspecified atom stereocenters. The molecule has 0 aliphatic carbocycles. The number of benzene rings is 8. The lowest BCUT2D eigenvalue weighted by Crippen LogP contribution is -2.66. The predicted octanol–water partition coefficient (Wildman–Crippen LogP) is 12.9. The second-order valence-electron chi connectivity index (χ2n) is 18.3. The lowest BCUT2D eigenvalue weighted by atomic mass is 9.31. The van der Waals surface area contributed by atoms with Crippen molar-refractivity contribution in [2.75, 3.05) is 9.80 Å². The van der Waals surface area contributed by atoms with Crippen LogP contribution in [-0.4, -0.2) is 19.5 Å². The highest BCUT2D eigenvalue weighted by atomic mass is 32.2. The van der Waals surface area contributed by atoms with Gasteiger partial charge in [-0.1, -0.05) is 176 Å². The van der Waals surface area contributed by atoms with Crippen LogP contribution in [0.4, 0.5) is 41.6 Å². The molecule has 0 fully saturated rings. The number of fused-ring (bicyclic) bond motifs is 7. The van der Waals surface area contributed by atoms with Gasteiger partial charge in [-0.2, -0.15) is 13.2 Å². The van der Waals surface area contributed by atoms with Crippen molar-refractivity contribution < 1.29 is 13.2 Å². The molecule has 322 valence electrons. The molecule has 0 spiro atoms. The minimum Gasteiger partial charge on any atom is -0.340 e. The molecule has 11 rings (SSSR count). The summed E-state index contributed by atoms with van der Waals surface area (Å²) in [6.07, 6.45) is -4.65. The van der Waals surface area contributed by atoms with Crippen LogP contribution in [0.15, 0.2) is 186 Å². The van der Waals surface area contributed by atoms with E-state index < -0.39 is 11.7 Å². The van der Waals surface area contributed by atoms with E-state index in [2.05, 4.69) is 173 Å². The SMILES string of the molecule is C=CB1c2ccccc2Sc2c1c1c3c(c2-c2c(-c4ccccc4)cccc2-c2ccccc2)N(c2ccccc2C(F)(F)F)c2ccc(C)cc2B3c2cc(C)ccc2N1[C@H](C)C(C)C. The summed E-state index contributed by atoms with van der Waals surface area (Å²) in [6.45, 7) is 15.1. The second kappa shape index (κ2) is 16.1. The fourth-order valence-corrected chi connectivity index (χ4v) is 12.2. The van der Waals surface area contributed by atoms with Crippen molar-refractivity contribution in [1.82, 2.24) is 0 Å². The number of hydrogen-bond donors (Lipinski definition) is 0. The van der Waals surface area contributed by atoms with Crippen LogP contribution in [-0.2, 0) is 6.18 Å². The average Bonchev–Trinajstić information content (AvgIpc) is 3.33. The lowest BCUT2D eigenvalue weighted by Gasteiger charge is -2.50. The normalized spacial score (nSPS) is 14.0. The van der Waals surface area contributed by atoms with Crippen LogP contribution in [0.5, 0.6) is 0 Å². The van der Waals surface area contributed by atoms with Gasteiger partial charge in [0.25, 0.3) is 6.71 Å². The minimum absolute atomic E-state index is 0.00499. The molecule has 0 amide bonds. The van der Waals surface area contributed by atoms with Crippen LogP contribution < -0.4 is 37.1 Å². The Labute approximate surface area is 391 Å². The zero-order chi connectivity index (χ0) is 45.6. The van der Waals surface area contributed by atoms with Crippen LogP contribution >= 0.6 is 11.8 Å². The van der Waals surface area contributed by atoms with E-state index in [0.717, 1.165) is 98.9 Å². The first kappa shape index (κ1) is 42.0. The topological polar surface area (TPSA) is 6.48 Å². The maximum absolute atomic E-state index is 15.8. The Bertz CT molecular complexity index is 3180. The van der Waals surface area contributed by atoms with Gasteiger partial charge in [0.15, 0.2) is 0 Å². The Morgan fingerprint density at radius 1 is 0.576 bits per heavy atom. The molecule has 8 aromatic rings. The molecule has 0 saturated carbocycles. The number of para-hydroxylation sites is 1. The van der Waals surface area contributed by atoms with Gasteiger partial charge < -0.3 is 9.80 Å². The second-order valence-corrected chi connectivity index (χ2v) is 19.4. The Morgan fingerprint density at radius 3 is 1.77 bits per heavy atom. The van der Waals surface area contributed by atoms with Crippen LogP contribution in [0.2, 0.25) is 0 Å². The molecule has 0 saturated heterocycles. The molecule has 0 radical (unpaired) electrons. The van der Waals surface area contributed by atoms with E-state index in [-0.39, 0.29) is 31.1 Å². The summed E-state index contributed by atoms with van der Waals surface area (Å²) in [6, 6.07) is 55.2. The molecular formula is C58H47B2F3N2S. The molecule has 0 aromatic heterocycles. The van der Waals surface area contributed by atoms with E-state index in [1.165, 1.54) is 17.6 Å². The van der Waals surface area contributed by atoms with Gasteiger partial charge in [-0.15, -0.1) is 12.6 Å². The van der Waals surface area contributed by atoms with Crippen molar-refractivity contribution in [3.8, 4) is 33.4 Å². The number of hydrogen-bond acceptors (Lipinski definition) is 3. The molecular weight excluding hydrogens is 835 g/mol. The van der Waals surface area contributed by atoms with Gasteiger partial charge in [0.1, 0.15) is 0 Å². The Hall–Kier alpha value is -6.63. The van der Waals surface area contributed by atoms with Crippen LogP contribution in [0.3, 0.4) is 0 Å². The molecule has 0 bridgehead atoms. The molecule has 2 nitrogen and oxygen atoms in total. The average molecular weight is 883 g/mol. The van der Waals surface area contributed by atoms with Gasteiger partial charge >= 0.3 is 6.18 Å². The Kier molecular flexibility index (Phi) is 10.2. The summed E-state index contributed by atoms with van der Waals surface area (Å²) >= 11 is 1.73. The standard InChI is InChI=1S/C58H47B2F3N2S/c1-7-59-44-26-15-17-28-50(44)66-57-52(51-41(39-19-10-8-11-20-39)23-18-24-42(51)40-21-12-9-13-22-40)55-53-56(54(57)59)64(38(6)35(2)3)48-31-29-36(4)33-45(48)60(53)46-34-37(5)30-32-49(46)65(55)47-27-16-14-25-43(47)58(61,62)63/h7-35,38H,1H2,2-6H3/t38-/m1/s1. The van der Waals surface area contributed by atoms with E-state index in [4.69, 9.17) is 0 Å². The van der Waals surface area contributed by atoms with Crippen LogP contribution in [0, 0.1) is 19.8 Å². The summed E-state index contributed by atoms with van der Waals surface area (Å²) in [5, 5.41) is 0.